The normalized spacial score (nSPS) is 20.4. The number of likely N-dealkylation sites (N-methyl/N-ethyl adjacent to an activating group) is 1. The third kappa shape index (κ3) is 6.73. The quantitative estimate of drug-likeness (QED) is 0.442. The maximum Gasteiger partial charge on any atom is 0.416 e. The Labute approximate surface area is 245 Å². The number of piperazine rings is 1. The van der Waals surface area contributed by atoms with Gasteiger partial charge < -0.3 is 14.7 Å². The van der Waals surface area contributed by atoms with Gasteiger partial charge in [0.25, 0.3) is 5.91 Å². The molecule has 3 amide bonds. The average molecular weight is 639 g/mol. The summed E-state index contributed by atoms with van der Waals surface area (Å²) in [6.45, 7) is 2.36. The number of amides is 3. The van der Waals surface area contributed by atoms with Gasteiger partial charge in [0.05, 0.1) is 33.5 Å². The van der Waals surface area contributed by atoms with Crippen molar-refractivity contribution in [2.45, 2.75) is 25.1 Å². The van der Waals surface area contributed by atoms with E-state index >= 15 is 0 Å². The molecular weight excluding hydrogens is 611 g/mol. The molecule has 4 rings (SSSR count). The minimum absolute atomic E-state index is 0.0101. The van der Waals surface area contributed by atoms with Gasteiger partial charge in [0, 0.05) is 51.7 Å². The number of halogens is 6. The van der Waals surface area contributed by atoms with Gasteiger partial charge in [-0.15, -0.1) is 0 Å². The SMILES string of the molecule is CCN(C(=O)c1cc(C(F)(F)F)ccc1F)[C@@H]1CN(C(=O)N2CCN(S(C)(=O)=O)CC2)C[C@H]1c1ccc(Cl)c(Cl)c1. The molecule has 2 aliphatic rings. The summed E-state index contributed by atoms with van der Waals surface area (Å²) in [6, 6.07) is 5.42. The van der Waals surface area contributed by atoms with E-state index in [9.17, 15) is 35.6 Å². The number of alkyl halides is 3. The van der Waals surface area contributed by atoms with Gasteiger partial charge in [-0.2, -0.15) is 17.5 Å². The van der Waals surface area contributed by atoms with E-state index in [-0.39, 0.29) is 61.9 Å². The Hall–Kier alpha value is -2.61. The smallest absolute Gasteiger partial charge is 0.333 e. The summed E-state index contributed by atoms with van der Waals surface area (Å²) >= 11 is 12.3. The topological polar surface area (TPSA) is 81.2 Å². The standard InChI is InChI=1S/C26H28Cl2F4N4O4S/c1-3-36(24(37)18-13-17(26(30,31)32)5-7-22(18)29)23-15-34(14-19(23)16-4-6-20(27)21(28)12-16)25(38)33-8-10-35(11-9-33)41(2,39)40/h4-7,12-13,19,23H,3,8-11,14-15H2,1-2H3/t19-,23+/m0/s1. The lowest BCUT2D eigenvalue weighted by molar-refractivity contribution is -0.137. The number of hydrogen-bond acceptors (Lipinski definition) is 4. The summed E-state index contributed by atoms with van der Waals surface area (Å²) in [7, 11) is -3.41. The number of hydrogen-bond donors (Lipinski definition) is 0. The molecule has 2 saturated heterocycles. The van der Waals surface area contributed by atoms with Crippen LogP contribution in [-0.2, 0) is 16.2 Å². The number of benzene rings is 2. The molecule has 2 aromatic carbocycles. The fourth-order valence-corrected chi connectivity index (χ4v) is 6.42. The molecule has 0 aromatic heterocycles. The predicted octanol–water partition coefficient (Wildman–Crippen LogP) is 4.78. The second-order valence-electron chi connectivity index (χ2n) is 9.97. The average Bonchev–Trinajstić information content (AvgIpc) is 3.34. The molecule has 15 heteroatoms. The monoisotopic (exact) mass is 638 g/mol. The van der Waals surface area contributed by atoms with E-state index in [0.717, 1.165) is 6.26 Å². The van der Waals surface area contributed by atoms with Gasteiger partial charge in [0.15, 0.2) is 0 Å². The van der Waals surface area contributed by atoms with Crippen LogP contribution in [0.3, 0.4) is 0 Å². The second kappa shape index (κ2) is 11.9. The van der Waals surface area contributed by atoms with E-state index in [2.05, 4.69) is 0 Å². The lowest BCUT2D eigenvalue weighted by atomic mass is 9.92. The predicted molar refractivity (Wildman–Crippen MR) is 146 cm³/mol. The molecule has 8 nitrogen and oxygen atoms in total. The third-order valence-electron chi connectivity index (χ3n) is 7.44. The van der Waals surface area contributed by atoms with E-state index < -0.39 is 51.0 Å². The first kappa shape index (κ1) is 31.3. The summed E-state index contributed by atoms with van der Waals surface area (Å²) < 4.78 is 79.8. The van der Waals surface area contributed by atoms with Crippen molar-refractivity contribution in [3.8, 4) is 0 Å². The first-order valence-corrected chi connectivity index (χ1v) is 15.3. The van der Waals surface area contributed by atoms with Crippen LogP contribution in [0.1, 0.15) is 34.3 Å². The first-order valence-electron chi connectivity index (χ1n) is 12.7. The molecule has 0 radical (unpaired) electrons. The lowest BCUT2D eigenvalue weighted by Gasteiger charge is -2.35. The zero-order chi connectivity index (χ0) is 30.3. The van der Waals surface area contributed by atoms with E-state index in [0.29, 0.717) is 23.8 Å². The summed E-state index contributed by atoms with van der Waals surface area (Å²) in [5.41, 5.74) is -1.25. The molecule has 0 aliphatic carbocycles. The Morgan fingerprint density at radius 1 is 0.976 bits per heavy atom. The van der Waals surface area contributed by atoms with E-state index in [1.54, 1.807) is 25.1 Å². The Balaban J connectivity index is 1.65. The minimum Gasteiger partial charge on any atom is -0.333 e. The number of sulfonamides is 1. The van der Waals surface area contributed by atoms with Crippen molar-refractivity contribution < 1.29 is 35.6 Å². The lowest BCUT2D eigenvalue weighted by Crippen LogP contribution is -2.54. The van der Waals surface area contributed by atoms with Gasteiger partial charge in [-0.1, -0.05) is 29.3 Å². The number of nitrogens with zero attached hydrogens (tertiary/aromatic N) is 4. The number of carbonyl (C=O) groups excluding carboxylic acids is 2. The highest BCUT2D eigenvalue weighted by Gasteiger charge is 2.43. The number of urea groups is 1. The fourth-order valence-electron chi connectivity index (χ4n) is 5.29. The summed E-state index contributed by atoms with van der Waals surface area (Å²) in [4.78, 5) is 31.4. The first-order chi connectivity index (χ1) is 19.1. The Kier molecular flexibility index (Phi) is 9.13. The maximum absolute atomic E-state index is 14.7. The number of rotatable bonds is 5. The van der Waals surface area contributed by atoms with Crippen LogP contribution in [0.15, 0.2) is 36.4 Å². The molecule has 0 saturated carbocycles. The van der Waals surface area contributed by atoms with Gasteiger partial charge in [-0.05, 0) is 42.8 Å². The fraction of sp³-hybridized carbons (Fsp3) is 0.462. The van der Waals surface area contributed by atoms with Crippen molar-refractivity contribution in [3.63, 3.8) is 0 Å². The second-order valence-corrected chi connectivity index (χ2v) is 12.8. The van der Waals surface area contributed by atoms with Crippen molar-refractivity contribution in [2.75, 3.05) is 52.1 Å². The molecule has 2 atom stereocenters. The van der Waals surface area contributed by atoms with Crippen LogP contribution in [0.2, 0.25) is 10.0 Å². The van der Waals surface area contributed by atoms with Crippen molar-refractivity contribution >= 4 is 45.2 Å². The maximum atomic E-state index is 14.7. The highest BCUT2D eigenvalue weighted by Crippen LogP contribution is 2.36. The van der Waals surface area contributed by atoms with Crippen LogP contribution in [-0.4, -0.2) is 97.5 Å². The van der Waals surface area contributed by atoms with Crippen LogP contribution in [0, 0.1) is 5.82 Å². The van der Waals surface area contributed by atoms with Gasteiger partial charge in [-0.3, -0.25) is 4.79 Å². The molecule has 0 unspecified atom stereocenters. The van der Waals surface area contributed by atoms with E-state index in [1.807, 2.05) is 0 Å². The molecular formula is C26H28Cl2F4N4O4S. The Bertz CT molecular complexity index is 1440. The third-order valence-corrected chi connectivity index (χ3v) is 9.48. The molecule has 2 aliphatic heterocycles. The van der Waals surface area contributed by atoms with Crippen molar-refractivity contribution in [2.24, 2.45) is 0 Å². The van der Waals surface area contributed by atoms with E-state index in [4.69, 9.17) is 23.2 Å². The Morgan fingerprint density at radius 2 is 1.63 bits per heavy atom. The number of carbonyl (C=O) groups is 2. The molecule has 41 heavy (non-hydrogen) atoms. The zero-order valence-corrected chi connectivity index (χ0v) is 24.5. The molecule has 0 spiro atoms. The van der Waals surface area contributed by atoms with Crippen LogP contribution >= 0.6 is 23.2 Å². The van der Waals surface area contributed by atoms with Crippen LogP contribution < -0.4 is 0 Å². The largest absolute Gasteiger partial charge is 0.416 e. The van der Waals surface area contributed by atoms with Crippen molar-refractivity contribution in [1.82, 2.24) is 19.0 Å². The molecule has 2 aromatic rings. The highest BCUT2D eigenvalue weighted by molar-refractivity contribution is 7.88. The molecule has 2 heterocycles. The molecule has 0 N–H and O–H groups in total. The summed E-state index contributed by atoms with van der Waals surface area (Å²) in [5, 5.41) is 0.527. The summed E-state index contributed by atoms with van der Waals surface area (Å²) in [5.74, 6) is -2.56. The van der Waals surface area contributed by atoms with E-state index in [1.165, 1.54) is 19.0 Å². The number of likely N-dealkylation sites (tertiary alicyclic amines) is 1. The molecule has 224 valence electrons. The highest BCUT2D eigenvalue weighted by atomic mass is 35.5. The van der Waals surface area contributed by atoms with Crippen LogP contribution in [0.4, 0.5) is 22.4 Å². The minimum atomic E-state index is -4.78. The van der Waals surface area contributed by atoms with Crippen LogP contribution in [0.5, 0.6) is 0 Å². The zero-order valence-electron chi connectivity index (χ0n) is 22.2. The summed E-state index contributed by atoms with van der Waals surface area (Å²) in [6.07, 6.45) is -3.68. The van der Waals surface area contributed by atoms with Gasteiger partial charge in [-0.25, -0.2) is 17.6 Å². The Morgan fingerprint density at radius 3 is 2.20 bits per heavy atom. The van der Waals surface area contributed by atoms with Crippen LogP contribution in [0.25, 0.3) is 0 Å². The van der Waals surface area contributed by atoms with Crippen molar-refractivity contribution in [1.29, 1.82) is 0 Å². The molecule has 0 bridgehead atoms. The van der Waals surface area contributed by atoms with Gasteiger partial charge in [0.2, 0.25) is 10.0 Å². The van der Waals surface area contributed by atoms with Gasteiger partial charge >= 0.3 is 12.2 Å². The van der Waals surface area contributed by atoms with Gasteiger partial charge in [0.1, 0.15) is 5.82 Å². The molecule has 2 fully saturated rings. The van der Waals surface area contributed by atoms with Crippen molar-refractivity contribution in [3.05, 3.63) is 69.0 Å².